The van der Waals surface area contributed by atoms with Crippen LogP contribution in [0.2, 0.25) is 5.02 Å². The number of benzene rings is 1. The molecule has 1 aromatic carbocycles. The molecule has 0 aliphatic carbocycles. The lowest BCUT2D eigenvalue weighted by Gasteiger charge is -2.22. The summed E-state index contributed by atoms with van der Waals surface area (Å²) in [5, 5.41) is 7.90. The molecule has 7 nitrogen and oxygen atoms in total. The maximum atomic E-state index is 12.4. The van der Waals surface area contributed by atoms with Crippen molar-refractivity contribution < 1.29 is 18.7 Å². The van der Waals surface area contributed by atoms with Crippen LogP contribution < -0.4 is 5.32 Å². The van der Waals surface area contributed by atoms with Crippen molar-refractivity contribution in [2.75, 3.05) is 11.9 Å². The van der Waals surface area contributed by atoms with Crippen LogP contribution in [0.3, 0.4) is 0 Å². The van der Waals surface area contributed by atoms with Crippen molar-refractivity contribution in [3.63, 3.8) is 0 Å². The Hall–Kier alpha value is -3.06. The summed E-state index contributed by atoms with van der Waals surface area (Å²) in [6.07, 6.45) is 0.238. The first-order chi connectivity index (χ1) is 14.0. The Kier molecular flexibility index (Phi) is 5.15. The fraction of sp³-hybridized carbons (Fsp3) is 0.286. The van der Waals surface area contributed by atoms with Crippen molar-refractivity contribution in [1.82, 2.24) is 9.78 Å². The third kappa shape index (κ3) is 3.78. The molecule has 0 spiro atoms. The minimum absolute atomic E-state index is 0.0665. The molecule has 1 aliphatic heterocycles. The first kappa shape index (κ1) is 19.3. The molecule has 4 rings (SSSR count). The fourth-order valence-corrected chi connectivity index (χ4v) is 3.83. The van der Waals surface area contributed by atoms with Gasteiger partial charge in [0.05, 0.1) is 18.2 Å². The highest BCUT2D eigenvalue weighted by Crippen LogP contribution is 2.41. The molecule has 0 radical (unpaired) electrons. The van der Waals surface area contributed by atoms with Crippen LogP contribution in [0.5, 0.6) is 0 Å². The Balaban J connectivity index is 1.70. The molecule has 2 aromatic heterocycles. The lowest BCUT2D eigenvalue weighted by molar-refractivity contribution is -0.144. The number of amides is 1. The fourth-order valence-electron chi connectivity index (χ4n) is 3.64. The average Bonchev–Trinajstić information content (AvgIpc) is 3.27. The highest BCUT2D eigenvalue weighted by molar-refractivity contribution is 6.30. The first-order valence-corrected chi connectivity index (χ1v) is 9.72. The summed E-state index contributed by atoms with van der Waals surface area (Å²) >= 11 is 6.08. The van der Waals surface area contributed by atoms with E-state index in [1.807, 2.05) is 37.3 Å². The van der Waals surface area contributed by atoms with E-state index in [4.69, 9.17) is 20.8 Å². The number of hydrogen-bond donors (Lipinski definition) is 1. The van der Waals surface area contributed by atoms with Crippen LogP contribution in [0.4, 0.5) is 5.82 Å². The van der Waals surface area contributed by atoms with Gasteiger partial charge in [-0.25, -0.2) is 4.68 Å². The number of ether oxygens (including phenoxy) is 1. The van der Waals surface area contributed by atoms with Gasteiger partial charge in [0.2, 0.25) is 5.91 Å². The van der Waals surface area contributed by atoms with E-state index < -0.39 is 5.97 Å². The zero-order valence-electron chi connectivity index (χ0n) is 16.1. The zero-order chi connectivity index (χ0) is 20.5. The van der Waals surface area contributed by atoms with E-state index >= 15 is 0 Å². The van der Waals surface area contributed by atoms with Crippen molar-refractivity contribution in [3.05, 3.63) is 58.4 Å². The number of furan rings is 1. The molecule has 0 saturated heterocycles. The van der Waals surface area contributed by atoms with Crippen LogP contribution in [0, 0.1) is 6.92 Å². The van der Waals surface area contributed by atoms with Crippen molar-refractivity contribution >= 4 is 29.3 Å². The van der Waals surface area contributed by atoms with E-state index in [-0.39, 0.29) is 31.4 Å². The van der Waals surface area contributed by atoms with E-state index in [0.717, 1.165) is 16.8 Å². The van der Waals surface area contributed by atoms with Gasteiger partial charge in [0.15, 0.2) is 0 Å². The minimum Gasteiger partial charge on any atom is -0.465 e. The minimum atomic E-state index is -0.407. The smallest absolute Gasteiger partial charge is 0.327 e. The molecule has 0 unspecified atom stereocenters. The van der Waals surface area contributed by atoms with Gasteiger partial charge in [0, 0.05) is 22.6 Å². The Morgan fingerprint density at radius 1 is 1.38 bits per heavy atom. The molecule has 8 heteroatoms. The lowest BCUT2D eigenvalue weighted by Crippen LogP contribution is -2.26. The highest BCUT2D eigenvalue weighted by Gasteiger charge is 2.34. The molecule has 3 aromatic rings. The van der Waals surface area contributed by atoms with E-state index in [2.05, 4.69) is 10.4 Å². The van der Waals surface area contributed by atoms with Crippen molar-refractivity contribution in [3.8, 4) is 11.3 Å². The van der Waals surface area contributed by atoms with Crippen LogP contribution in [0.15, 0.2) is 40.8 Å². The lowest BCUT2D eigenvalue weighted by atomic mass is 9.90. The van der Waals surface area contributed by atoms with Gasteiger partial charge >= 0.3 is 5.97 Å². The van der Waals surface area contributed by atoms with E-state index in [1.54, 1.807) is 13.0 Å². The summed E-state index contributed by atoms with van der Waals surface area (Å²) in [5.41, 5.74) is 2.44. The molecule has 1 amide bonds. The quantitative estimate of drug-likeness (QED) is 0.635. The number of hydrogen-bond acceptors (Lipinski definition) is 5. The topological polar surface area (TPSA) is 86.4 Å². The Bertz CT molecular complexity index is 1090. The van der Waals surface area contributed by atoms with Gasteiger partial charge in [0.1, 0.15) is 23.9 Å². The predicted octanol–water partition coefficient (Wildman–Crippen LogP) is 4.14. The Morgan fingerprint density at radius 3 is 2.97 bits per heavy atom. The monoisotopic (exact) mass is 413 g/mol. The molecule has 29 heavy (non-hydrogen) atoms. The number of carbonyl (C=O) groups is 2. The second-order valence-corrected chi connectivity index (χ2v) is 7.26. The molecule has 1 aliphatic rings. The Labute approximate surface area is 172 Å². The molecule has 1 atom stereocenters. The summed E-state index contributed by atoms with van der Waals surface area (Å²) < 4.78 is 12.6. The third-order valence-corrected chi connectivity index (χ3v) is 5.07. The van der Waals surface area contributed by atoms with Crippen LogP contribution in [-0.2, 0) is 20.9 Å². The van der Waals surface area contributed by atoms with Crippen molar-refractivity contribution in [1.29, 1.82) is 0 Å². The Morgan fingerprint density at radius 2 is 2.21 bits per heavy atom. The second-order valence-electron chi connectivity index (χ2n) is 6.83. The second kappa shape index (κ2) is 7.75. The third-order valence-electron chi connectivity index (χ3n) is 4.83. The van der Waals surface area contributed by atoms with Gasteiger partial charge in [0.25, 0.3) is 0 Å². The number of aryl methyl sites for hydroxylation is 1. The molecule has 1 N–H and O–H groups in total. The number of esters is 1. The summed E-state index contributed by atoms with van der Waals surface area (Å²) in [5.74, 6) is 0.991. The molecule has 0 fully saturated rings. The molecule has 0 bridgehead atoms. The van der Waals surface area contributed by atoms with Crippen LogP contribution in [0.1, 0.15) is 36.3 Å². The largest absolute Gasteiger partial charge is 0.465 e. The standard InChI is InChI=1S/C21H20ClN3O4/c1-3-28-19(27)11-25-21-20(12(2)24-25)15(10-18(26)23-21)17-8-7-16(29-17)13-5-4-6-14(22)9-13/h4-9,15H,3,10-11H2,1-2H3,(H,23,26)/t15-/m1/s1. The zero-order valence-corrected chi connectivity index (χ0v) is 16.8. The number of carbonyl (C=O) groups excluding carboxylic acids is 2. The molecule has 3 heterocycles. The van der Waals surface area contributed by atoms with Gasteiger partial charge in [-0.15, -0.1) is 0 Å². The number of nitrogens with one attached hydrogen (secondary N) is 1. The molecule has 0 saturated carbocycles. The van der Waals surface area contributed by atoms with Gasteiger partial charge in [-0.1, -0.05) is 23.7 Å². The summed E-state index contributed by atoms with van der Waals surface area (Å²) in [4.78, 5) is 24.3. The van der Waals surface area contributed by atoms with E-state index in [0.29, 0.717) is 22.4 Å². The number of fused-ring (bicyclic) bond motifs is 1. The normalized spacial score (nSPS) is 15.7. The first-order valence-electron chi connectivity index (χ1n) is 9.34. The van der Waals surface area contributed by atoms with Gasteiger partial charge < -0.3 is 14.5 Å². The summed E-state index contributed by atoms with van der Waals surface area (Å²) in [7, 11) is 0. The van der Waals surface area contributed by atoms with Crippen molar-refractivity contribution in [2.45, 2.75) is 32.7 Å². The van der Waals surface area contributed by atoms with E-state index in [1.165, 1.54) is 4.68 Å². The highest BCUT2D eigenvalue weighted by atomic mass is 35.5. The summed E-state index contributed by atoms with van der Waals surface area (Å²) in [6.45, 7) is 3.82. The number of halogens is 1. The van der Waals surface area contributed by atoms with Gasteiger partial charge in [-0.2, -0.15) is 5.10 Å². The molecule has 150 valence electrons. The maximum Gasteiger partial charge on any atom is 0.327 e. The average molecular weight is 414 g/mol. The van der Waals surface area contributed by atoms with Crippen LogP contribution >= 0.6 is 11.6 Å². The number of aromatic nitrogens is 2. The van der Waals surface area contributed by atoms with Gasteiger partial charge in [-0.3, -0.25) is 9.59 Å². The number of nitrogens with zero attached hydrogens (tertiary/aromatic N) is 2. The maximum absolute atomic E-state index is 12.4. The van der Waals surface area contributed by atoms with E-state index in [9.17, 15) is 9.59 Å². The van der Waals surface area contributed by atoms with Gasteiger partial charge in [-0.05, 0) is 38.1 Å². The number of rotatable bonds is 5. The molecular weight excluding hydrogens is 394 g/mol. The van der Waals surface area contributed by atoms with Crippen LogP contribution in [-0.4, -0.2) is 28.3 Å². The van der Waals surface area contributed by atoms with Crippen molar-refractivity contribution in [2.24, 2.45) is 0 Å². The van der Waals surface area contributed by atoms with Crippen LogP contribution in [0.25, 0.3) is 11.3 Å². The predicted molar refractivity (Wildman–Crippen MR) is 108 cm³/mol. The summed E-state index contributed by atoms with van der Waals surface area (Å²) in [6, 6.07) is 11.1. The SMILES string of the molecule is CCOC(=O)Cn1nc(C)c2c1NC(=O)C[C@@H]2c1ccc(-c2cccc(Cl)c2)o1. The molecular formula is C21H20ClN3O4. The number of anilines is 1.